The number of benzene rings is 1. The quantitative estimate of drug-likeness (QED) is 0.577. The lowest BCUT2D eigenvalue weighted by Gasteiger charge is -2.00. The van der Waals surface area contributed by atoms with E-state index >= 15 is 0 Å². The third-order valence-corrected chi connectivity index (χ3v) is 1.76. The maximum atomic E-state index is 10.8. The van der Waals surface area contributed by atoms with Crippen LogP contribution in [-0.4, -0.2) is 13.1 Å². The molecule has 0 radical (unpaired) electrons. The second-order valence-electron chi connectivity index (χ2n) is 2.90. The van der Waals surface area contributed by atoms with Gasteiger partial charge >= 0.3 is 5.97 Å². The summed E-state index contributed by atoms with van der Waals surface area (Å²) in [6.07, 6.45) is 1.86. The van der Waals surface area contributed by atoms with Gasteiger partial charge in [-0.05, 0) is 5.56 Å². The summed E-state index contributed by atoms with van der Waals surface area (Å²) in [7, 11) is 1.33. The molecule has 0 spiro atoms. The summed E-state index contributed by atoms with van der Waals surface area (Å²) in [6, 6.07) is 9.71. The first-order valence-electron chi connectivity index (χ1n) is 4.30. The zero-order valence-corrected chi connectivity index (χ0v) is 8.07. The fourth-order valence-electron chi connectivity index (χ4n) is 1.09. The maximum absolute atomic E-state index is 10.8. The van der Waals surface area contributed by atoms with Gasteiger partial charge in [0.1, 0.15) is 0 Å². The Morgan fingerprint density at radius 3 is 2.64 bits per heavy atom. The molecule has 0 aromatic heterocycles. The SMILES string of the molecule is COC(=O)C=C(N)Cc1ccccc1. The molecule has 0 saturated carbocycles. The molecule has 0 aliphatic rings. The van der Waals surface area contributed by atoms with Crippen molar-refractivity contribution in [2.45, 2.75) is 6.42 Å². The number of ether oxygens (including phenoxy) is 1. The molecule has 0 atom stereocenters. The van der Waals surface area contributed by atoms with Gasteiger partial charge in [-0.15, -0.1) is 0 Å². The van der Waals surface area contributed by atoms with E-state index in [2.05, 4.69) is 4.74 Å². The number of carbonyl (C=O) groups is 1. The summed E-state index contributed by atoms with van der Waals surface area (Å²) >= 11 is 0. The van der Waals surface area contributed by atoms with E-state index in [1.807, 2.05) is 30.3 Å². The number of hydrogen-bond donors (Lipinski definition) is 1. The fourth-order valence-corrected chi connectivity index (χ4v) is 1.09. The van der Waals surface area contributed by atoms with Gasteiger partial charge in [-0.25, -0.2) is 4.79 Å². The first-order valence-corrected chi connectivity index (χ1v) is 4.30. The largest absolute Gasteiger partial charge is 0.466 e. The molecule has 3 nitrogen and oxygen atoms in total. The Balaban J connectivity index is 2.61. The Labute approximate surface area is 83.2 Å². The Hall–Kier alpha value is -1.77. The molecular weight excluding hydrogens is 178 g/mol. The second kappa shape index (κ2) is 5.07. The van der Waals surface area contributed by atoms with Crippen LogP contribution in [-0.2, 0) is 16.0 Å². The average Bonchev–Trinajstić information content (AvgIpc) is 2.19. The summed E-state index contributed by atoms with van der Waals surface area (Å²) in [5, 5.41) is 0. The molecule has 1 aromatic rings. The topological polar surface area (TPSA) is 52.3 Å². The molecule has 3 heteroatoms. The summed E-state index contributed by atoms with van der Waals surface area (Å²) in [5.74, 6) is -0.418. The summed E-state index contributed by atoms with van der Waals surface area (Å²) in [6.45, 7) is 0. The predicted octanol–water partition coefficient (Wildman–Crippen LogP) is 1.24. The molecule has 2 N–H and O–H groups in total. The lowest BCUT2D eigenvalue weighted by molar-refractivity contribution is -0.134. The van der Waals surface area contributed by atoms with E-state index in [1.54, 1.807) is 0 Å². The summed E-state index contributed by atoms with van der Waals surface area (Å²) < 4.78 is 4.46. The van der Waals surface area contributed by atoms with Crippen LogP contribution in [0.5, 0.6) is 0 Å². The lowest BCUT2D eigenvalue weighted by Crippen LogP contribution is -2.06. The highest BCUT2D eigenvalue weighted by molar-refractivity contribution is 5.82. The van der Waals surface area contributed by atoms with Gasteiger partial charge < -0.3 is 10.5 Å². The van der Waals surface area contributed by atoms with E-state index in [0.717, 1.165) is 5.56 Å². The van der Waals surface area contributed by atoms with Crippen molar-refractivity contribution in [3.63, 3.8) is 0 Å². The van der Waals surface area contributed by atoms with E-state index in [0.29, 0.717) is 12.1 Å². The summed E-state index contributed by atoms with van der Waals surface area (Å²) in [5.41, 5.74) is 7.22. The van der Waals surface area contributed by atoms with Crippen molar-refractivity contribution < 1.29 is 9.53 Å². The Kier molecular flexibility index (Phi) is 3.73. The molecular formula is C11H13NO2. The van der Waals surface area contributed by atoms with E-state index in [1.165, 1.54) is 13.2 Å². The smallest absolute Gasteiger partial charge is 0.332 e. The zero-order chi connectivity index (χ0) is 10.4. The number of rotatable bonds is 3. The zero-order valence-electron chi connectivity index (χ0n) is 8.07. The highest BCUT2D eigenvalue weighted by atomic mass is 16.5. The third kappa shape index (κ3) is 3.31. The number of esters is 1. The monoisotopic (exact) mass is 191 g/mol. The standard InChI is InChI=1S/C11H13NO2/c1-14-11(13)8-10(12)7-9-5-3-2-4-6-9/h2-6,8H,7,12H2,1H3. The molecule has 0 heterocycles. The van der Waals surface area contributed by atoms with Crippen LogP contribution < -0.4 is 5.73 Å². The van der Waals surface area contributed by atoms with Crippen LogP contribution in [0.15, 0.2) is 42.1 Å². The molecule has 0 saturated heterocycles. The van der Waals surface area contributed by atoms with Gasteiger partial charge in [-0.3, -0.25) is 0 Å². The van der Waals surface area contributed by atoms with Gasteiger partial charge in [-0.2, -0.15) is 0 Å². The minimum absolute atomic E-state index is 0.418. The maximum Gasteiger partial charge on any atom is 0.332 e. The molecule has 1 aromatic carbocycles. The third-order valence-electron chi connectivity index (χ3n) is 1.76. The van der Waals surface area contributed by atoms with Gasteiger partial charge in [0.15, 0.2) is 0 Å². The highest BCUT2D eigenvalue weighted by Gasteiger charge is 1.98. The van der Waals surface area contributed by atoms with Crippen molar-refractivity contribution in [3.05, 3.63) is 47.7 Å². The van der Waals surface area contributed by atoms with E-state index in [-0.39, 0.29) is 0 Å². The number of nitrogens with two attached hydrogens (primary N) is 1. The van der Waals surface area contributed by atoms with Crippen LogP contribution in [0.4, 0.5) is 0 Å². The van der Waals surface area contributed by atoms with Crippen molar-refractivity contribution in [2.75, 3.05) is 7.11 Å². The Morgan fingerprint density at radius 2 is 2.07 bits per heavy atom. The molecule has 0 aliphatic heterocycles. The molecule has 0 amide bonds. The average molecular weight is 191 g/mol. The second-order valence-corrected chi connectivity index (χ2v) is 2.90. The van der Waals surface area contributed by atoms with Gasteiger partial charge in [0.2, 0.25) is 0 Å². The van der Waals surface area contributed by atoms with Crippen molar-refractivity contribution in [1.82, 2.24) is 0 Å². The number of carbonyl (C=O) groups excluding carboxylic acids is 1. The highest BCUT2D eigenvalue weighted by Crippen LogP contribution is 2.03. The van der Waals surface area contributed by atoms with Crippen LogP contribution in [0, 0.1) is 0 Å². The first-order chi connectivity index (χ1) is 6.72. The van der Waals surface area contributed by atoms with E-state index < -0.39 is 5.97 Å². The van der Waals surface area contributed by atoms with E-state index in [4.69, 9.17) is 5.73 Å². The van der Waals surface area contributed by atoms with Crippen molar-refractivity contribution in [1.29, 1.82) is 0 Å². The van der Waals surface area contributed by atoms with E-state index in [9.17, 15) is 4.79 Å². The van der Waals surface area contributed by atoms with Crippen LogP contribution in [0.2, 0.25) is 0 Å². The molecule has 0 unspecified atom stereocenters. The van der Waals surface area contributed by atoms with Gasteiger partial charge in [0.05, 0.1) is 7.11 Å². The van der Waals surface area contributed by atoms with Crippen LogP contribution >= 0.6 is 0 Å². The number of methoxy groups -OCH3 is 1. The van der Waals surface area contributed by atoms with Gasteiger partial charge in [0, 0.05) is 18.2 Å². The fraction of sp³-hybridized carbons (Fsp3) is 0.182. The molecule has 74 valence electrons. The Bertz CT molecular complexity index is 330. The minimum Gasteiger partial charge on any atom is -0.466 e. The van der Waals surface area contributed by atoms with Crippen LogP contribution in [0.1, 0.15) is 5.56 Å². The molecule has 0 bridgehead atoms. The first kappa shape index (κ1) is 10.3. The van der Waals surface area contributed by atoms with Crippen molar-refractivity contribution >= 4 is 5.97 Å². The minimum atomic E-state index is -0.418. The molecule has 14 heavy (non-hydrogen) atoms. The van der Waals surface area contributed by atoms with Crippen LogP contribution in [0.25, 0.3) is 0 Å². The van der Waals surface area contributed by atoms with Crippen molar-refractivity contribution in [3.8, 4) is 0 Å². The molecule has 1 rings (SSSR count). The normalized spacial score (nSPS) is 11.1. The molecule has 0 fully saturated rings. The number of hydrogen-bond acceptors (Lipinski definition) is 3. The predicted molar refractivity (Wildman–Crippen MR) is 54.4 cm³/mol. The number of allylic oxidation sites excluding steroid dienone is 1. The molecule has 0 aliphatic carbocycles. The Morgan fingerprint density at radius 1 is 1.43 bits per heavy atom. The van der Waals surface area contributed by atoms with Crippen molar-refractivity contribution in [2.24, 2.45) is 5.73 Å². The van der Waals surface area contributed by atoms with Gasteiger partial charge in [-0.1, -0.05) is 30.3 Å². The summed E-state index contributed by atoms with van der Waals surface area (Å²) in [4.78, 5) is 10.8. The lowest BCUT2D eigenvalue weighted by atomic mass is 10.1. The van der Waals surface area contributed by atoms with Crippen LogP contribution in [0.3, 0.4) is 0 Å². The van der Waals surface area contributed by atoms with Gasteiger partial charge in [0.25, 0.3) is 0 Å².